The predicted molar refractivity (Wildman–Crippen MR) is 21.4 cm³/mol. The molecule has 0 aliphatic heterocycles. The van der Waals surface area contributed by atoms with E-state index in [-0.39, 0.29) is 0 Å². The van der Waals surface area contributed by atoms with E-state index in [1.165, 1.54) is 6.26 Å². The maximum Gasteiger partial charge on any atom is -0.0273 e. The van der Waals surface area contributed by atoms with Gasteiger partial charge in [-0.15, -0.1) is 0 Å². The molecule has 0 saturated carbocycles. The Morgan fingerprint density at radius 1 is 2.00 bits per heavy atom. The first kappa shape index (κ1) is 4.53. The lowest BCUT2D eigenvalue weighted by atomic mass is 12.0. The average Bonchev–Trinajstić information content (AvgIpc) is 0.811. The highest BCUT2D eigenvalue weighted by molar-refractivity contribution is 8.25. The maximum atomic E-state index is 9.37. The van der Waals surface area contributed by atoms with Crippen LogP contribution >= 0.6 is 0 Å². The topological polar surface area (TPSA) is 23.1 Å². The third kappa shape index (κ3) is 21.1. The van der Waals surface area contributed by atoms with Gasteiger partial charge in [0.25, 0.3) is 0 Å². The van der Waals surface area contributed by atoms with Crippen molar-refractivity contribution in [3.8, 4) is 0 Å². The molecule has 0 spiro atoms. The van der Waals surface area contributed by atoms with Crippen LogP contribution in [0.5, 0.6) is 0 Å². The molecule has 0 fully saturated rings. The van der Waals surface area contributed by atoms with Crippen LogP contribution in [0.1, 0.15) is 0 Å². The summed E-state index contributed by atoms with van der Waals surface area (Å²) in [5.41, 5.74) is 0. The van der Waals surface area contributed by atoms with Gasteiger partial charge in [0.05, 0.1) is 0 Å². The van der Waals surface area contributed by atoms with E-state index in [2.05, 4.69) is 11.2 Å². The van der Waals surface area contributed by atoms with Gasteiger partial charge >= 0.3 is 0 Å². The molecule has 1 nitrogen and oxygen atoms in total. The SMILES string of the molecule is CS([O-])=S. The molecule has 0 radical (unpaired) electrons. The van der Waals surface area contributed by atoms with E-state index in [9.17, 15) is 4.55 Å². The molecule has 0 aromatic rings. The van der Waals surface area contributed by atoms with Crippen molar-refractivity contribution in [1.29, 1.82) is 0 Å². The molecule has 1 atom stereocenters. The molecule has 0 aromatic carbocycles. The second-order valence-corrected chi connectivity index (χ2v) is 2.61. The van der Waals surface area contributed by atoms with Crippen molar-refractivity contribution in [2.45, 2.75) is 0 Å². The third-order valence-electron chi connectivity index (χ3n) is 0. The van der Waals surface area contributed by atoms with Gasteiger partial charge in [-0.05, 0) is 6.26 Å². The summed E-state index contributed by atoms with van der Waals surface area (Å²) in [6.45, 7) is 0. The van der Waals surface area contributed by atoms with Crippen LogP contribution in [-0.2, 0) is 20.9 Å². The van der Waals surface area contributed by atoms with E-state index in [1.54, 1.807) is 0 Å². The highest BCUT2D eigenvalue weighted by Gasteiger charge is 1.34. The predicted octanol–water partition coefficient (Wildman–Crippen LogP) is -0.173. The quantitative estimate of drug-likeness (QED) is 0.417. The summed E-state index contributed by atoms with van der Waals surface area (Å²) in [4.78, 5) is 0. The van der Waals surface area contributed by atoms with Gasteiger partial charge in [-0.2, -0.15) is 0 Å². The minimum absolute atomic E-state index is 1.03. The van der Waals surface area contributed by atoms with E-state index in [1.807, 2.05) is 0 Å². The van der Waals surface area contributed by atoms with E-state index >= 15 is 0 Å². The highest BCUT2D eigenvalue weighted by Crippen LogP contribution is 1.48. The molecular formula is CH3OS2-. The second kappa shape index (κ2) is 1.81. The lowest BCUT2D eigenvalue weighted by molar-refractivity contribution is 0.616. The number of hydrogen-bond acceptors (Lipinski definition) is 2. The maximum absolute atomic E-state index is 9.37. The van der Waals surface area contributed by atoms with Crippen LogP contribution in [0.3, 0.4) is 0 Å². The first-order chi connectivity index (χ1) is 1.73. The van der Waals surface area contributed by atoms with Crippen LogP contribution in [-0.4, -0.2) is 10.8 Å². The molecule has 0 aliphatic rings. The Hall–Kier alpha value is 0.530. The second-order valence-electron chi connectivity index (χ2n) is 0.401. The van der Waals surface area contributed by atoms with Crippen LogP contribution < -0.4 is 0 Å². The molecule has 0 saturated heterocycles. The van der Waals surface area contributed by atoms with Crippen molar-refractivity contribution < 1.29 is 4.55 Å². The van der Waals surface area contributed by atoms with E-state index < -0.39 is 9.74 Å². The van der Waals surface area contributed by atoms with Gasteiger partial charge in [0.2, 0.25) is 0 Å². The molecule has 0 bridgehead atoms. The molecule has 0 rings (SSSR count). The van der Waals surface area contributed by atoms with Crippen molar-refractivity contribution in [3.63, 3.8) is 0 Å². The Morgan fingerprint density at radius 3 is 2.00 bits per heavy atom. The lowest BCUT2D eigenvalue weighted by Crippen LogP contribution is -1.70. The zero-order valence-electron chi connectivity index (χ0n) is 2.22. The van der Waals surface area contributed by atoms with Crippen LogP contribution in [0.15, 0.2) is 0 Å². The van der Waals surface area contributed by atoms with Crippen LogP contribution in [0, 0.1) is 0 Å². The van der Waals surface area contributed by atoms with Crippen LogP contribution in [0.25, 0.3) is 0 Å². The molecule has 0 N–H and O–H groups in total. The zero-order valence-corrected chi connectivity index (χ0v) is 3.86. The summed E-state index contributed by atoms with van der Waals surface area (Å²) in [5, 5.41) is 0. The molecule has 3 heteroatoms. The van der Waals surface area contributed by atoms with Crippen molar-refractivity contribution in [2.24, 2.45) is 0 Å². The Balaban J connectivity index is 2.80. The molecule has 0 aromatic heterocycles. The zero-order chi connectivity index (χ0) is 3.58. The monoisotopic (exact) mass is 95.0 g/mol. The highest BCUT2D eigenvalue weighted by atomic mass is 32.8. The van der Waals surface area contributed by atoms with Gasteiger partial charge in [-0.1, -0.05) is 11.2 Å². The smallest absolute Gasteiger partial charge is 0.0273 e. The number of hydrogen-bond donors (Lipinski definition) is 0. The van der Waals surface area contributed by atoms with Crippen LogP contribution in [0.2, 0.25) is 0 Å². The normalized spacial score (nSPS) is 15.5. The van der Waals surface area contributed by atoms with Crippen LogP contribution in [0.4, 0.5) is 0 Å². The Bertz CT molecular complexity index is 29.0. The molecule has 0 heterocycles. The number of rotatable bonds is 0. The van der Waals surface area contributed by atoms with Gasteiger partial charge in [0.15, 0.2) is 0 Å². The summed E-state index contributed by atoms with van der Waals surface area (Å²) >= 11 is 4.09. The van der Waals surface area contributed by atoms with Gasteiger partial charge in [0, 0.05) is 0 Å². The minimum Gasteiger partial charge on any atom is -0.795 e. The third-order valence-corrected chi connectivity index (χ3v) is 0. The fraction of sp³-hybridized carbons (Fsp3) is 1.00. The first-order valence-corrected chi connectivity index (χ1v) is 3.22. The van der Waals surface area contributed by atoms with E-state index in [0.717, 1.165) is 0 Å². The Morgan fingerprint density at radius 2 is 2.00 bits per heavy atom. The molecule has 4 heavy (non-hydrogen) atoms. The fourth-order valence-electron chi connectivity index (χ4n) is 0. The van der Waals surface area contributed by atoms with Crippen molar-refractivity contribution in [3.05, 3.63) is 0 Å². The van der Waals surface area contributed by atoms with Gasteiger partial charge in [-0.25, -0.2) is 9.74 Å². The van der Waals surface area contributed by atoms with Crippen molar-refractivity contribution >= 4 is 20.9 Å². The van der Waals surface area contributed by atoms with E-state index in [0.29, 0.717) is 0 Å². The minimum atomic E-state index is -1.03. The van der Waals surface area contributed by atoms with Gasteiger partial charge in [-0.3, -0.25) is 0 Å². The first-order valence-electron chi connectivity index (χ1n) is 0.742. The van der Waals surface area contributed by atoms with Gasteiger partial charge < -0.3 is 4.55 Å². The Kier molecular flexibility index (Phi) is 2.05. The summed E-state index contributed by atoms with van der Waals surface area (Å²) in [6.07, 6.45) is 1.45. The summed E-state index contributed by atoms with van der Waals surface area (Å²) in [7, 11) is -1.03. The molecule has 0 amide bonds. The summed E-state index contributed by atoms with van der Waals surface area (Å²) in [5.74, 6) is 0. The fourth-order valence-corrected chi connectivity index (χ4v) is 0. The largest absolute Gasteiger partial charge is 0.795 e. The molecule has 0 aliphatic carbocycles. The average molecular weight is 95.2 g/mol. The molecule has 26 valence electrons. The van der Waals surface area contributed by atoms with Crippen molar-refractivity contribution in [2.75, 3.05) is 6.26 Å². The van der Waals surface area contributed by atoms with Crippen molar-refractivity contribution in [1.82, 2.24) is 0 Å². The summed E-state index contributed by atoms with van der Waals surface area (Å²) in [6, 6.07) is 0. The van der Waals surface area contributed by atoms with Gasteiger partial charge in [0.1, 0.15) is 0 Å². The standard InChI is InChI=1S/CH4OS2/c1-4(2)3/h1H3,(H,2,3)/p-1. The molecule has 1 unspecified atom stereocenters. The Labute approximate surface area is 32.4 Å². The van der Waals surface area contributed by atoms with E-state index in [4.69, 9.17) is 0 Å². The lowest BCUT2D eigenvalue weighted by Gasteiger charge is -1.91. The summed E-state index contributed by atoms with van der Waals surface area (Å²) < 4.78 is 9.37. The molecular weight excluding hydrogens is 92.1 g/mol.